The summed E-state index contributed by atoms with van der Waals surface area (Å²) in [4.78, 5) is 10.6. The summed E-state index contributed by atoms with van der Waals surface area (Å²) in [5, 5.41) is 0. The predicted molar refractivity (Wildman–Crippen MR) is 49.0 cm³/mol. The molecule has 0 amide bonds. The molecule has 0 heterocycles. The molecule has 1 aliphatic carbocycles. The van der Waals surface area contributed by atoms with Crippen LogP contribution in [0.4, 0.5) is 0 Å². The maximum absolute atomic E-state index is 10.6. The number of carbonyl (C=O) groups excluding carboxylic acids is 1. The van der Waals surface area contributed by atoms with Gasteiger partial charge in [0.1, 0.15) is 0 Å². The molecule has 2 rings (SSSR count). The van der Waals surface area contributed by atoms with Gasteiger partial charge in [0, 0.05) is 5.56 Å². The van der Waals surface area contributed by atoms with E-state index in [9.17, 15) is 4.79 Å². The summed E-state index contributed by atoms with van der Waals surface area (Å²) >= 11 is 0. The van der Waals surface area contributed by atoms with Crippen LogP contribution in [-0.2, 0) is 0 Å². The molecule has 60 valence electrons. The first kappa shape index (κ1) is 7.29. The molecule has 0 bridgehead atoms. The average Bonchev–Trinajstić information content (AvgIpc) is 2.83. The lowest BCUT2D eigenvalue weighted by Crippen LogP contribution is -1.86. The van der Waals surface area contributed by atoms with Gasteiger partial charge in [0.15, 0.2) is 6.29 Å². The van der Waals surface area contributed by atoms with E-state index >= 15 is 0 Å². The van der Waals surface area contributed by atoms with Crippen LogP contribution < -0.4 is 0 Å². The van der Waals surface area contributed by atoms with Gasteiger partial charge in [-0.2, -0.15) is 0 Å². The Morgan fingerprint density at radius 2 is 2.00 bits per heavy atom. The van der Waals surface area contributed by atoms with Crippen molar-refractivity contribution in [3.63, 3.8) is 0 Å². The first-order valence-electron chi connectivity index (χ1n) is 4.09. The van der Waals surface area contributed by atoms with Crippen molar-refractivity contribution >= 4 is 11.9 Å². The average molecular weight is 158 g/mol. The molecule has 1 unspecified atom stereocenters. The Morgan fingerprint density at radius 3 is 2.58 bits per heavy atom. The molecule has 1 aromatic carbocycles. The zero-order valence-corrected chi connectivity index (χ0v) is 6.95. The molecule has 0 N–H and O–H groups in total. The summed E-state index contributed by atoms with van der Waals surface area (Å²) in [5.74, 6) is 0.561. The highest BCUT2D eigenvalue weighted by atomic mass is 16.1. The van der Waals surface area contributed by atoms with Gasteiger partial charge in [0.2, 0.25) is 0 Å². The van der Waals surface area contributed by atoms with E-state index in [1.807, 2.05) is 24.3 Å². The third kappa shape index (κ3) is 1.07. The summed E-state index contributed by atoms with van der Waals surface area (Å²) in [5.41, 5.74) is 3.20. The van der Waals surface area contributed by atoms with E-state index in [2.05, 4.69) is 13.0 Å². The number of aldehydes is 1. The van der Waals surface area contributed by atoms with Crippen LogP contribution in [0.15, 0.2) is 30.3 Å². The van der Waals surface area contributed by atoms with Crippen molar-refractivity contribution < 1.29 is 4.79 Å². The van der Waals surface area contributed by atoms with Gasteiger partial charge in [-0.3, -0.25) is 4.79 Å². The summed E-state index contributed by atoms with van der Waals surface area (Å²) in [7, 11) is 0. The Hall–Kier alpha value is -1.37. The molecule has 1 aliphatic rings. The minimum atomic E-state index is 0.561. The van der Waals surface area contributed by atoms with Crippen LogP contribution in [0, 0.1) is 5.92 Å². The summed E-state index contributed by atoms with van der Waals surface area (Å²) in [6.45, 7) is 2.14. The quantitative estimate of drug-likeness (QED) is 0.604. The van der Waals surface area contributed by atoms with Crippen LogP contribution in [0.2, 0.25) is 0 Å². The van der Waals surface area contributed by atoms with E-state index in [0.717, 1.165) is 17.4 Å². The van der Waals surface area contributed by atoms with Gasteiger partial charge >= 0.3 is 0 Å². The Balaban J connectivity index is 2.43. The molecule has 0 saturated carbocycles. The fourth-order valence-electron chi connectivity index (χ4n) is 1.42. The zero-order valence-electron chi connectivity index (χ0n) is 6.95. The lowest BCUT2D eigenvalue weighted by atomic mass is 10.0. The van der Waals surface area contributed by atoms with Gasteiger partial charge < -0.3 is 0 Å². The smallest absolute Gasteiger partial charge is 0.150 e. The lowest BCUT2D eigenvalue weighted by Gasteiger charge is -1.99. The summed E-state index contributed by atoms with van der Waals surface area (Å²) in [6.07, 6.45) is 3.09. The third-order valence-electron chi connectivity index (χ3n) is 2.21. The van der Waals surface area contributed by atoms with Crippen LogP contribution in [-0.4, -0.2) is 6.29 Å². The van der Waals surface area contributed by atoms with Crippen LogP contribution in [0.3, 0.4) is 0 Å². The van der Waals surface area contributed by atoms with Crippen molar-refractivity contribution in [2.75, 3.05) is 0 Å². The zero-order chi connectivity index (χ0) is 8.55. The Morgan fingerprint density at radius 1 is 1.33 bits per heavy atom. The van der Waals surface area contributed by atoms with Gasteiger partial charge in [-0.25, -0.2) is 0 Å². The number of carbonyl (C=O) groups is 1. The van der Waals surface area contributed by atoms with E-state index in [4.69, 9.17) is 0 Å². The van der Waals surface area contributed by atoms with Crippen LogP contribution in [0.5, 0.6) is 0 Å². The maximum Gasteiger partial charge on any atom is 0.150 e. The van der Waals surface area contributed by atoms with E-state index in [1.54, 1.807) is 0 Å². The van der Waals surface area contributed by atoms with Crippen molar-refractivity contribution in [1.29, 1.82) is 0 Å². The molecule has 0 aromatic heterocycles. The van der Waals surface area contributed by atoms with Crippen molar-refractivity contribution in [2.24, 2.45) is 5.92 Å². The molecule has 1 nitrogen and oxygen atoms in total. The van der Waals surface area contributed by atoms with E-state index in [-0.39, 0.29) is 0 Å². The molecule has 0 radical (unpaired) electrons. The Labute approximate surface area is 71.7 Å². The second-order valence-electron chi connectivity index (χ2n) is 3.12. The van der Waals surface area contributed by atoms with E-state index < -0.39 is 0 Å². The highest BCUT2D eigenvalue weighted by molar-refractivity contribution is 5.90. The molecule has 0 spiro atoms. The number of benzene rings is 1. The number of hydrogen-bond acceptors (Lipinski definition) is 1. The van der Waals surface area contributed by atoms with E-state index in [1.165, 1.54) is 5.57 Å². The Kier molecular flexibility index (Phi) is 1.58. The highest BCUT2D eigenvalue weighted by Crippen LogP contribution is 2.38. The molecule has 12 heavy (non-hydrogen) atoms. The highest BCUT2D eigenvalue weighted by Gasteiger charge is 2.22. The molecular formula is C11H10O. The van der Waals surface area contributed by atoms with Crippen molar-refractivity contribution in [3.8, 4) is 0 Å². The minimum Gasteiger partial charge on any atom is -0.298 e. The monoisotopic (exact) mass is 158 g/mol. The minimum absolute atomic E-state index is 0.561. The van der Waals surface area contributed by atoms with Crippen LogP contribution in [0.25, 0.3) is 5.57 Å². The van der Waals surface area contributed by atoms with Gasteiger partial charge in [-0.05, 0) is 17.1 Å². The standard InChI is InChI=1S/C11H10O/c1-8-6-11(8)10-5-3-2-4-9(10)7-12/h2-8H,1H3. The lowest BCUT2D eigenvalue weighted by molar-refractivity contribution is 0.112. The van der Waals surface area contributed by atoms with Gasteiger partial charge in [-0.1, -0.05) is 37.3 Å². The fraction of sp³-hybridized carbons (Fsp3) is 0.182. The number of allylic oxidation sites excluding steroid dienone is 2. The van der Waals surface area contributed by atoms with Crippen molar-refractivity contribution in [2.45, 2.75) is 6.92 Å². The topological polar surface area (TPSA) is 17.1 Å². The molecule has 1 aromatic rings. The molecule has 0 saturated heterocycles. The maximum atomic E-state index is 10.6. The largest absolute Gasteiger partial charge is 0.298 e. The summed E-state index contributed by atoms with van der Waals surface area (Å²) in [6, 6.07) is 7.71. The molecule has 0 aliphatic heterocycles. The van der Waals surface area contributed by atoms with E-state index in [0.29, 0.717) is 5.92 Å². The first-order valence-corrected chi connectivity index (χ1v) is 4.09. The second kappa shape index (κ2) is 2.59. The normalized spacial score (nSPS) is 20.1. The summed E-state index contributed by atoms with van der Waals surface area (Å²) < 4.78 is 0. The Bertz CT molecular complexity index is 350. The number of hydrogen-bond donors (Lipinski definition) is 0. The molecule has 1 heteroatoms. The van der Waals surface area contributed by atoms with Gasteiger partial charge in [0.25, 0.3) is 0 Å². The third-order valence-corrected chi connectivity index (χ3v) is 2.21. The molecule has 0 fully saturated rings. The SMILES string of the molecule is CC1C=C1c1ccccc1C=O. The fourth-order valence-corrected chi connectivity index (χ4v) is 1.42. The van der Waals surface area contributed by atoms with Crippen molar-refractivity contribution in [1.82, 2.24) is 0 Å². The second-order valence-corrected chi connectivity index (χ2v) is 3.12. The molecular weight excluding hydrogens is 148 g/mol. The van der Waals surface area contributed by atoms with Crippen LogP contribution >= 0.6 is 0 Å². The predicted octanol–water partition coefficient (Wildman–Crippen LogP) is 2.53. The van der Waals surface area contributed by atoms with Gasteiger partial charge in [0.05, 0.1) is 0 Å². The molecule has 1 atom stereocenters. The number of rotatable bonds is 2. The first-order chi connectivity index (χ1) is 5.83. The van der Waals surface area contributed by atoms with Crippen molar-refractivity contribution in [3.05, 3.63) is 41.5 Å². The van der Waals surface area contributed by atoms with Crippen LogP contribution in [0.1, 0.15) is 22.8 Å². The van der Waals surface area contributed by atoms with Gasteiger partial charge in [-0.15, -0.1) is 0 Å².